The standard InChI is InChI=1S/C14H21BrN2O2/c1-14(2,16)9-17-13(18)7-5-10-4-6-12(19-3)11(15)8-10/h4,6,8H,5,7,9,16H2,1-3H3,(H,17,18). The summed E-state index contributed by atoms with van der Waals surface area (Å²) >= 11 is 3.43. The second-order valence-electron chi connectivity index (χ2n) is 5.23. The van der Waals surface area contributed by atoms with Gasteiger partial charge in [-0.1, -0.05) is 6.07 Å². The first-order valence-electron chi connectivity index (χ1n) is 6.20. The van der Waals surface area contributed by atoms with Crippen LogP contribution < -0.4 is 15.8 Å². The van der Waals surface area contributed by atoms with E-state index in [4.69, 9.17) is 10.5 Å². The van der Waals surface area contributed by atoms with E-state index in [1.54, 1.807) is 7.11 Å². The first-order valence-corrected chi connectivity index (χ1v) is 6.99. The lowest BCUT2D eigenvalue weighted by atomic mass is 10.1. The Labute approximate surface area is 122 Å². The van der Waals surface area contributed by atoms with Gasteiger partial charge >= 0.3 is 0 Å². The van der Waals surface area contributed by atoms with Crippen molar-refractivity contribution in [2.75, 3.05) is 13.7 Å². The van der Waals surface area contributed by atoms with E-state index in [-0.39, 0.29) is 11.4 Å². The Balaban J connectivity index is 2.44. The van der Waals surface area contributed by atoms with Crippen LogP contribution in [-0.4, -0.2) is 25.1 Å². The van der Waals surface area contributed by atoms with Gasteiger partial charge in [-0.15, -0.1) is 0 Å². The summed E-state index contributed by atoms with van der Waals surface area (Å²) in [6, 6.07) is 5.82. The largest absolute Gasteiger partial charge is 0.496 e. The second-order valence-corrected chi connectivity index (χ2v) is 6.09. The van der Waals surface area contributed by atoms with Crippen LogP contribution >= 0.6 is 15.9 Å². The summed E-state index contributed by atoms with van der Waals surface area (Å²) in [7, 11) is 1.63. The molecule has 3 N–H and O–H groups in total. The Morgan fingerprint density at radius 1 is 1.47 bits per heavy atom. The molecule has 1 amide bonds. The van der Waals surface area contributed by atoms with E-state index in [1.807, 2.05) is 32.0 Å². The number of amides is 1. The predicted molar refractivity (Wildman–Crippen MR) is 80.3 cm³/mol. The van der Waals surface area contributed by atoms with Crippen molar-refractivity contribution < 1.29 is 9.53 Å². The molecule has 0 atom stereocenters. The van der Waals surface area contributed by atoms with Crippen molar-refractivity contribution in [2.45, 2.75) is 32.2 Å². The number of ether oxygens (including phenoxy) is 1. The first kappa shape index (κ1) is 16.0. The molecule has 5 heteroatoms. The van der Waals surface area contributed by atoms with E-state index in [1.165, 1.54) is 0 Å². The van der Waals surface area contributed by atoms with Crippen molar-refractivity contribution in [3.8, 4) is 5.75 Å². The van der Waals surface area contributed by atoms with Crippen LogP contribution in [0.1, 0.15) is 25.8 Å². The minimum absolute atomic E-state index is 0.0189. The molecule has 1 rings (SSSR count). The Hall–Kier alpha value is -1.07. The maximum atomic E-state index is 11.7. The molecule has 4 nitrogen and oxygen atoms in total. The second kappa shape index (κ2) is 6.91. The van der Waals surface area contributed by atoms with E-state index >= 15 is 0 Å². The summed E-state index contributed by atoms with van der Waals surface area (Å²) in [5.74, 6) is 0.809. The molecule has 19 heavy (non-hydrogen) atoms. The topological polar surface area (TPSA) is 64.3 Å². The van der Waals surface area contributed by atoms with Gasteiger partial charge in [-0.05, 0) is 53.9 Å². The molecule has 0 heterocycles. The molecule has 0 aromatic heterocycles. The molecule has 0 radical (unpaired) electrons. The molecule has 0 spiro atoms. The SMILES string of the molecule is COc1ccc(CCC(=O)NCC(C)(C)N)cc1Br. The highest BCUT2D eigenvalue weighted by molar-refractivity contribution is 9.10. The number of nitrogens with two attached hydrogens (primary N) is 1. The van der Waals surface area contributed by atoms with E-state index < -0.39 is 0 Å². The molecule has 0 saturated carbocycles. The number of benzene rings is 1. The highest BCUT2D eigenvalue weighted by atomic mass is 79.9. The molecule has 106 valence electrons. The number of methoxy groups -OCH3 is 1. The minimum Gasteiger partial charge on any atom is -0.496 e. The molecular weight excluding hydrogens is 308 g/mol. The number of hydrogen-bond acceptors (Lipinski definition) is 3. The van der Waals surface area contributed by atoms with Crippen molar-refractivity contribution in [2.24, 2.45) is 5.73 Å². The summed E-state index contributed by atoms with van der Waals surface area (Å²) in [6.45, 7) is 4.25. The first-order chi connectivity index (χ1) is 8.81. The van der Waals surface area contributed by atoms with E-state index in [9.17, 15) is 4.79 Å². The highest BCUT2D eigenvalue weighted by Crippen LogP contribution is 2.25. The molecule has 0 saturated heterocycles. The summed E-state index contributed by atoms with van der Waals surface area (Å²) in [6.07, 6.45) is 1.15. The maximum Gasteiger partial charge on any atom is 0.220 e. The molecular formula is C14H21BrN2O2. The van der Waals surface area contributed by atoms with Crippen molar-refractivity contribution in [3.05, 3.63) is 28.2 Å². The molecule has 0 aliphatic heterocycles. The summed E-state index contributed by atoms with van der Waals surface area (Å²) in [5.41, 5.74) is 6.52. The van der Waals surface area contributed by atoms with Crippen LogP contribution in [0.4, 0.5) is 0 Å². The van der Waals surface area contributed by atoms with E-state index in [0.717, 1.165) is 15.8 Å². The van der Waals surface area contributed by atoms with Gasteiger partial charge in [0.2, 0.25) is 5.91 Å². The highest BCUT2D eigenvalue weighted by Gasteiger charge is 2.12. The summed E-state index contributed by atoms with van der Waals surface area (Å²) in [4.78, 5) is 11.7. The number of rotatable bonds is 6. The monoisotopic (exact) mass is 328 g/mol. The van der Waals surface area contributed by atoms with Crippen LogP contribution in [0.2, 0.25) is 0 Å². The van der Waals surface area contributed by atoms with Gasteiger partial charge in [0.25, 0.3) is 0 Å². The van der Waals surface area contributed by atoms with E-state index in [2.05, 4.69) is 21.2 Å². The number of carbonyl (C=O) groups excluding carboxylic acids is 1. The van der Waals surface area contributed by atoms with Crippen molar-refractivity contribution in [1.29, 1.82) is 0 Å². The van der Waals surface area contributed by atoms with Crippen LogP contribution in [0.25, 0.3) is 0 Å². The van der Waals surface area contributed by atoms with Gasteiger partial charge in [-0.3, -0.25) is 4.79 Å². The average molecular weight is 329 g/mol. The van der Waals surface area contributed by atoms with Gasteiger partial charge < -0.3 is 15.8 Å². The fourth-order valence-corrected chi connectivity index (χ4v) is 2.13. The van der Waals surface area contributed by atoms with Gasteiger partial charge in [0.05, 0.1) is 11.6 Å². The molecule has 0 aliphatic rings. The zero-order valence-electron chi connectivity index (χ0n) is 11.6. The van der Waals surface area contributed by atoms with E-state index in [0.29, 0.717) is 19.4 Å². The molecule has 0 bridgehead atoms. The quantitative estimate of drug-likeness (QED) is 0.841. The van der Waals surface area contributed by atoms with Crippen molar-refractivity contribution in [1.82, 2.24) is 5.32 Å². The molecule has 0 aliphatic carbocycles. The van der Waals surface area contributed by atoms with Gasteiger partial charge in [0, 0.05) is 18.5 Å². The Morgan fingerprint density at radius 2 is 2.16 bits per heavy atom. The lowest BCUT2D eigenvalue weighted by Gasteiger charge is -2.18. The number of carbonyl (C=O) groups is 1. The predicted octanol–water partition coefficient (Wildman–Crippen LogP) is 2.24. The van der Waals surface area contributed by atoms with Crippen LogP contribution in [0.5, 0.6) is 5.75 Å². The lowest BCUT2D eigenvalue weighted by Crippen LogP contribution is -2.45. The van der Waals surface area contributed by atoms with Crippen molar-refractivity contribution in [3.63, 3.8) is 0 Å². The van der Waals surface area contributed by atoms with Gasteiger partial charge in [0.15, 0.2) is 0 Å². The third-order valence-corrected chi connectivity index (χ3v) is 3.22. The zero-order chi connectivity index (χ0) is 14.5. The van der Waals surface area contributed by atoms with Crippen LogP contribution in [0.3, 0.4) is 0 Å². The Kier molecular flexibility index (Phi) is 5.82. The average Bonchev–Trinajstić information content (AvgIpc) is 2.33. The number of aryl methyl sites for hydroxylation is 1. The van der Waals surface area contributed by atoms with Crippen LogP contribution in [0, 0.1) is 0 Å². The number of nitrogens with one attached hydrogen (secondary N) is 1. The number of hydrogen-bond donors (Lipinski definition) is 2. The number of halogens is 1. The van der Waals surface area contributed by atoms with Gasteiger partial charge in [-0.2, -0.15) is 0 Å². The molecule has 1 aromatic carbocycles. The zero-order valence-corrected chi connectivity index (χ0v) is 13.2. The lowest BCUT2D eigenvalue weighted by molar-refractivity contribution is -0.121. The molecule has 0 fully saturated rings. The summed E-state index contributed by atoms with van der Waals surface area (Å²) < 4.78 is 6.06. The normalized spacial score (nSPS) is 11.2. The molecule has 1 aromatic rings. The van der Waals surface area contributed by atoms with Crippen LogP contribution in [0.15, 0.2) is 22.7 Å². The Morgan fingerprint density at radius 3 is 2.68 bits per heavy atom. The van der Waals surface area contributed by atoms with Gasteiger partial charge in [-0.25, -0.2) is 0 Å². The smallest absolute Gasteiger partial charge is 0.220 e. The Bertz CT molecular complexity index is 442. The van der Waals surface area contributed by atoms with Gasteiger partial charge in [0.1, 0.15) is 5.75 Å². The third-order valence-electron chi connectivity index (χ3n) is 2.60. The minimum atomic E-state index is -0.376. The maximum absolute atomic E-state index is 11.7. The molecule has 0 unspecified atom stereocenters. The van der Waals surface area contributed by atoms with Crippen molar-refractivity contribution >= 4 is 21.8 Å². The summed E-state index contributed by atoms with van der Waals surface area (Å²) in [5, 5.41) is 2.83. The third kappa shape index (κ3) is 6.07. The fourth-order valence-electron chi connectivity index (χ4n) is 1.54. The van der Waals surface area contributed by atoms with Crippen LogP contribution in [-0.2, 0) is 11.2 Å². The fraction of sp³-hybridized carbons (Fsp3) is 0.500.